The van der Waals surface area contributed by atoms with Gasteiger partial charge in [0.05, 0.1) is 10.0 Å². The van der Waals surface area contributed by atoms with Crippen LogP contribution in [-0.2, 0) is 0 Å². The summed E-state index contributed by atoms with van der Waals surface area (Å²) >= 11 is 7.40. The normalized spacial score (nSPS) is 11.1. The molecule has 0 aliphatic carbocycles. The molecule has 4 heteroatoms. The van der Waals surface area contributed by atoms with E-state index in [1.165, 1.54) is 11.3 Å². The number of hydrogen-bond acceptors (Lipinski definition) is 2. The highest BCUT2D eigenvalue weighted by Gasteiger charge is 2.05. The molecule has 14 heavy (non-hydrogen) atoms. The largest absolute Gasteiger partial charge is 0.270 e. The van der Waals surface area contributed by atoms with Crippen molar-refractivity contribution >= 4 is 22.9 Å². The van der Waals surface area contributed by atoms with Gasteiger partial charge in [-0.25, -0.2) is 0 Å². The van der Waals surface area contributed by atoms with Gasteiger partial charge in [0, 0.05) is 23.2 Å². The Balaban J connectivity index is 2.33. The van der Waals surface area contributed by atoms with Gasteiger partial charge < -0.3 is 0 Å². The molecule has 0 aliphatic rings. The molecule has 0 bridgehead atoms. The van der Waals surface area contributed by atoms with Gasteiger partial charge in [-0.15, -0.1) is 11.3 Å². The second kappa shape index (κ2) is 3.75. The van der Waals surface area contributed by atoms with Gasteiger partial charge in [0.25, 0.3) is 0 Å². The third-order valence-corrected chi connectivity index (χ3v) is 3.09. The molecule has 0 unspecified atom stereocenters. The van der Waals surface area contributed by atoms with E-state index in [9.17, 15) is 0 Å². The van der Waals surface area contributed by atoms with Gasteiger partial charge in [0.2, 0.25) is 0 Å². The molecule has 74 valence electrons. The third kappa shape index (κ3) is 1.83. The zero-order valence-corrected chi connectivity index (χ0v) is 9.64. The zero-order valence-electron chi connectivity index (χ0n) is 8.07. The summed E-state index contributed by atoms with van der Waals surface area (Å²) in [7, 11) is 0. The van der Waals surface area contributed by atoms with Crippen LogP contribution in [-0.4, -0.2) is 9.78 Å². The molecule has 2 aromatic rings. The Bertz CT molecular complexity index is 431. The lowest BCUT2D eigenvalue weighted by molar-refractivity contribution is 0.534. The fourth-order valence-corrected chi connectivity index (χ4v) is 2.10. The number of nitrogens with zero attached hydrogens (tertiary/aromatic N) is 2. The second-order valence-electron chi connectivity index (χ2n) is 3.41. The van der Waals surface area contributed by atoms with Crippen LogP contribution >= 0.6 is 22.9 Å². The molecule has 0 spiro atoms. The van der Waals surface area contributed by atoms with Gasteiger partial charge in [0.15, 0.2) is 0 Å². The molecule has 2 heterocycles. The molecule has 0 saturated carbocycles. The van der Waals surface area contributed by atoms with Crippen molar-refractivity contribution in [2.24, 2.45) is 0 Å². The van der Waals surface area contributed by atoms with Crippen LogP contribution in [0.1, 0.15) is 19.9 Å². The maximum atomic E-state index is 5.86. The lowest BCUT2D eigenvalue weighted by Crippen LogP contribution is -2.00. The maximum Gasteiger partial charge on any atom is 0.0935 e. The first-order valence-corrected chi connectivity index (χ1v) is 5.72. The Morgan fingerprint density at radius 3 is 2.79 bits per heavy atom. The zero-order chi connectivity index (χ0) is 10.1. The SMILES string of the molecule is CC(C)n1ccc(-c2csc(Cl)c2)n1. The van der Waals surface area contributed by atoms with Crippen molar-refractivity contribution in [3.8, 4) is 11.3 Å². The Labute approximate surface area is 92.1 Å². The minimum atomic E-state index is 0.401. The van der Waals surface area contributed by atoms with Gasteiger partial charge in [-0.05, 0) is 26.0 Å². The number of halogens is 1. The fraction of sp³-hybridized carbons (Fsp3) is 0.300. The molecule has 0 fully saturated rings. The van der Waals surface area contributed by atoms with E-state index in [1.807, 2.05) is 28.4 Å². The van der Waals surface area contributed by atoms with Crippen LogP contribution in [0.3, 0.4) is 0 Å². The van der Waals surface area contributed by atoms with Gasteiger partial charge in [-0.1, -0.05) is 11.6 Å². The number of thiophene rings is 1. The van der Waals surface area contributed by atoms with Crippen molar-refractivity contribution in [2.75, 3.05) is 0 Å². The molecule has 0 aliphatic heterocycles. The van der Waals surface area contributed by atoms with Gasteiger partial charge in [0.1, 0.15) is 0 Å². The van der Waals surface area contributed by atoms with Gasteiger partial charge in [-0.3, -0.25) is 4.68 Å². The molecule has 0 N–H and O–H groups in total. The van der Waals surface area contributed by atoms with Crippen molar-refractivity contribution in [1.82, 2.24) is 9.78 Å². The van der Waals surface area contributed by atoms with Crippen LogP contribution in [0.4, 0.5) is 0 Å². The van der Waals surface area contributed by atoms with Gasteiger partial charge in [-0.2, -0.15) is 5.10 Å². The number of rotatable bonds is 2. The molecule has 2 aromatic heterocycles. The molecule has 0 atom stereocenters. The predicted octanol–water partition coefficient (Wildman–Crippen LogP) is 3.85. The standard InChI is InChI=1S/C10H11ClN2S/c1-7(2)13-4-3-9(12-13)8-5-10(11)14-6-8/h3-7H,1-2H3. The highest BCUT2D eigenvalue weighted by molar-refractivity contribution is 7.14. The minimum absolute atomic E-state index is 0.401. The minimum Gasteiger partial charge on any atom is -0.270 e. The Morgan fingerprint density at radius 2 is 2.29 bits per heavy atom. The quantitative estimate of drug-likeness (QED) is 0.761. The Kier molecular flexibility index (Phi) is 2.61. The molecular weight excluding hydrogens is 216 g/mol. The van der Waals surface area contributed by atoms with Crippen molar-refractivity contribution in [2.45, 2.75) is 19.9 Å². The summed E-state index contributed by atoms with van der Waals surface area (Å²) in [5.41, 5.74) is 2.08. The molecular formula is C10H11ClN2S. The number of aromatic nitrogens is 2. The fourth-order valence-electron chi connectivity index (χ4n) is 1.22. The van der Waals surface area contributed by atoms with Crippen molar-refractivity contribution < 1.29 is 0 Å². The first-order valence-electron chi connectivity index (χ1n) is 4.46. The van der Waals surface area contributed by atoms with Crippen molar-refractivity contribution in [3.63, 3.8) is 0 Å². The van der Waals surface area contributed by atoms with Crippen molar-refractivity contribution in [3.05, 3.63) is 28.0 Å². The summed E-state index contributed by atoms with van der Waals surface area (Å²) in [6.07, 6.45) is 1.99. The van der Waals surface area contributed by atoms with E-state index >= 15 is 0 Å². The van der Waals surface area contributed by atoms with Crippen LogP contribution in [0.15, 0.2) is 23.7 Å². The molecule has 0 saturated heterocycles. The second-order valence-corrected chi connectivity index (χ2v) is 4.96. The first-order chi connectivity index (χ1) is 6.66. The average molecular weight is 227 g/mol. The van der Waals surface area contributed by atoms with Crippen molar-refractivity contribution in [1.29, 1.82) is 0 Å². The summed E-state index contributed by atoms with van der Waals surface area (Å²) in [5, 5.41) is 6.48. The van der Waals surface area contributed by atoms with Crippen LogP contribution in [0.5, 0.6) is 0 Å². The smallest absolute Gasteiger partial charge is 0.0935 e. The van der Waals surface area contributed by atoms with E-state index in [2.05, 4.69) is 18.9 Å². The maximum absolute atomic E-state index is 5.86. The van der Waals surface area contributed by atoms with E-state index in [0.717, 1.165) is 15.6 Å². The third-order valence-electron chi connectivity index (χ3n) is 2.00. The van der Waals surface area contributed by atoms with E-state index < -0.39 is 0 Å². The first kappa shape index (κ1) is 9.74. The van der Waals surface area contributed by atoms with Crippen LogP contribution < -0.4 is 0 Å². The van der Waals surface area contributed by atoms with Gasteiger partial charge >= 0.3 is 0 Å². The lowest BCUT2D eigenvalue weighted by Gasteiger charge is -2.03. The van der Waals surface area contributed by atoms with Crippen LogP contribution in [0.25, 0.3) is 11.3 Å². The molecule has 0 amide bonds. The molecule has 2 nitrogen and oxygen atoms in total. The summed E-state index contributed by atoms with van der Waals surface area (Å²) in [6.45, 7) is 4.22. The monoisotopic (exact) mass is 226 g/mol. The Morgan fingerprint density at radius 1 is 1.50 bits per heavy atom. The number of hydrogen-bond donors (Lipinski definition) is 0. The van der Waals surface area contributed by atoms with E-state index in [-0.39, 0.29) is 0 Å². The van der Waals surface area contributed by atoms with E-state index in [0.29, 0.717) is 6.04 Å². The molecule has 0 radical (unpaired) electrons. The van der Waals surface area contributed by atoms with Crippen LogP contribution in [0, 0.1) is 0 Å². The highest BCUT2D eigenvalue weighted by atomic mass is 35.5. The van der Waals surface area contributed by atoms with E-state index in [4.69, 9.17) is 11.6 Å². The summed E-state index contributed by atoms with van der Waals surface area (Å²) < 4.78 is 2.75. The van der Waals surface area contributed by atoms with E-state index in [1.54, 1.807) is 0 Å². The Hall–Kier alpha value is -0.800. The molecule has 2 rings (SSSR count). The predicted molar refractivity (Wildman–Crippen MR) is 60.9 cm³/mol. The summed E-state index contributed by atoms with van der Waals surface area (Å²) in [6, 6.07) is 4.36. The van der Waals surface area contributed by atoms with Crippen LogP contribution in [0.2, 0.25) is 4.34 Å². The lowest BCUT2D eigenvalue weighted by atomic mass is 10.2. The summed E-state index contributed by atoms with van der Waals surface area (Å²) in [5.74, 6) is 0. The highest BCUT2D eigenvalue weighted by Crippen LogP contribution is 2.27. The topological polar surface area (TPSA) is 17.8 Å². The summed E-state index contributed by atoms with van der Waals surface area (Å²) in [4.78, 5) is 0. The molecule has 0 aromatic carbocycles. The average Bonchev–Trinajstić information content (AvgIpc) is 2.70.